The van der Waals surface area contributed by atoms with Crippen molar-refractivity contribution >= 4 is 0 Å². The first kappa shape index (κ1) is 21.6. The lowest BCUT2D eigenvalue weighted by molar-refractivity contribution is -0.137. The van der Waals surface area contributed by atoms with Gasteiger partial charge >= 0.3 is 6.18 Å². The van der Waals surface area contributed by atoms with Gasteiger partial charge in [-0.15, -0.1) is 0 Å². The van der Waals surface area contributed by atoms with Crippen LogP contribution in [0.5, 0.6) is 5.75 Å². The molecule has 9 heteroatoms. The minimum atomic E-state index is -4.55. The van der Waals surface area contributed by atoms with E-state index in [0.717, 1.165) is 25.0 Å². The predicted octanol–water partition coefficient (Wildman–Crippen LogP) is 4.09. The SMILES string of the molecule is COCCOc1cc(-c2c(CO)c(C)nn2C2CCCCO2)cc(C(F)(F)F)c1. The zero-order valence-electron chi connectivity index (χ0n) is 16.5. The topological polar surface area (TPSA) is 65.7 Å². The van der Waals surface area contributed by atoms with Crippen LogP contribution in [-0.2, 0) is 22.3 Å². The van der Waals surface area contributed by atoms with Crippen LogP contribution in [0.1, 0.15) is 42.3 Å². The number of aryl methyl sites for hydroxylation is 1. The molecule has 29 heavy (non-hydrogen) atoms. The Bertz CT molecular complexity index is 830. The summed E-state index contributed by atoms with van der Waals surface area (Å²) >= 11 is 0. The van der Waals surface area contributed by atoms with Gasteiger partial charge in [-0.1, -0.05) is 0 Å². The molecule has 0 amide bonds. The van der Waals surface area contributed by atoms with E-state index in [0.29, 0.717) is 30.0 Å². The van der Waals surface area contributed by atoms with Crippen molar-refractivity contribution in [2.24, 2.45) is 0 Å². The number of aliphatic hydroxyl groups is 1. The van der Waals surface area contributed by atoms with Gasteiger partial charge in [0.1, 0.15) is 12.4 Å². The van der Waals surface area contributed by atoms with E-state index in [1.165, 1.54) is 13.2 Å². The number of hydrogen-bond acceptors (Lipinski definition) is 5. The van der Waals surface area contributed by atoms with Gasteiger partial charge in [-0.3, -0.25) is 0 Å². The highest BCUT2D eigenvalue weighted by atomic mass is 19.4. The monoisotopic (exact) mass is 414 g/mol. The van der Waals surface area contributed by atoms with E-state index >= 15 is 0 Å². The molecule has 160 valence electrons. The summed E-state index contributed by atoms with van der Waals surface area (Å²) in [7, 11) is 1.49. The Hall–Kier alpha value is -2.10. The highest BCUT2D eigenvalue weighted by Gasteiger charge is 2.33. The number of aromatic nitrogens is 2. The van der Waals surface area contributed by atoms with Crippen molar-refractivity contribution in [1.82, 2.24) is 9.78 Å². The van der Waals surface area contributed by atoms with Crippen LogP contribution in [0, 0.1) is 6.92 Å². The van der Waals surface area contributed by atoms with Crippen LogP contribution in [0.3, 0.4) is 0 Å². The van der Waals surface area contributed by atoms with Crippen molar-refractivity contribution in [2.45, 2.75) is 45.2 Å². The number of ether oxygens (including phenoxy) is 3. The molecule has 1 saturated heterocycles. The number of benzene rings is 1. The second kappa shape index (κ2) is 9.15. The Morgan fingerprint density at radius 2 is 2.03 bits per heavy atom. The molecule has 1 aliphatic heterocycles. The summed E-state index contributed by atoms with van der Waals surface area (Å²) in [5.41, 5.74) is 0.879. The molecule has 1 fully saturated rings. The Kier molecular flexibility index (Phi) is 6.81. The molecule has 1 aliphatic rings. The van der Waals surface area contributed by atoms with E-state index in [1.807, 2.05) is 0 Å². The molecule has 1 unspecified atom stereocenters. The highest BCUT2D eigenvalue weighted by Crippen LogP contribution is 2.39. The quantitative estimate of drug-likeness (QED) is 0.692. The van der Waals surface area contributed by atoms with Gasteiger partial charge in [0.2, 0.25) is 0 Å². The van der Waals surface area contributed by atoms with E-state index in [4.69, 9.17) is 14.2 Å². The van der Waals surface area contributed by atoms with Gasteiger partial charge in [-0.2, -0.15) is 18.3 Å². The molecule has 3 rings (SSSR count). The summed E-state index contributed by atoms with van der Waals surface area (Å²) in [6, 6.07) is 3.54. The fourth-order valence-electron chi connectivity index (χ4n) is 3.43. The van der Waals surface area contributed by atoms with Crippen LogP contribution in [0.4, 0.5) is 13.2 Å². The lowest BCUT2D eigenvalue weighted by Crippen LogP contribution is -2.20. The molecule has 0 radical (unpaired) electrons. The van der Waals surface area contributed by atoms with Gasteiger partial charge in [0, 0.05) is 24.8 Å². The van der Waals surface area contributed by atoms with Gasteiger partial charge in [0.05, 0.1) is 30.2 Å². The Labute approximate surface area is 167 Å². The average Bonchev–Trinajstić information content (AvgIpc) is 3.04. The third-order valence-electron chi connectivity index (χ3n) is 4.86. The summed E-state index contributed by atoms with van der Waals surface area (Å²) in [5.74, 6) is 0.0748. The lowest BCUT2D eigenvalue weighted by Gasteiger charge is -2.25. The highest BCUT2D eigenvalue weighted by molar-refractivity contribution is 5.67. The summed E-state index contributed by atoms with van der Waals surface area (Å²) < 4.78 is 58.3. The molecule has 0 bridgehead atoms. The van der Waals surface area contributed by atoms with Crippen LogP contribution in [0.2, 0.25) is 0 Å². The number of hydrogen-bond donors (Lipinski definition) is 1. The largest absolute Gasteiger partial charge is 0.491 e. The second-order valence-corrected chi connectivity index (χ2v) is 6.92. The molecule has 1 atom stereocenters. The Morgan fingerprint density at radius 1 is 1.24 bits per heavy atom. The molecule has 0 aliphatic carbocycles. The standard InChI is InChI=1S/C20H25F3N2O4/c1-13-17(12-26)19(25(24-13)18-5-3-4-6-29-18)14-9-15(20(21,22)23)11-16(10-14)28-8-7-27-2/h9-11,18,26H,3-8,12H2,1-2H3. The molecular formula is C20H25F3N2O4. The van der Waals surface area contributed by atoms with Gasteiger partial charge < -0.3 is 19.3 Å². The lowest BCUT2D eigenvalue weighted by atomic mass is 10.0. The van der Waals surface area contributed by atoms with Crippen LogP contribution in [-0.4, -0.2) is 41.8 Å². The molecule has 1 aromatic carbocycles. The summed E-state index contributed by atoms with van der Waals surface area (Å²) in [5, 5.41) is 14.3. The minimum absolute atomic E-state index is 0.0748. The third kappa shape index (κ3) is 4.91. The van der Waals surface area contributed by atoms with Crippen LogP contribution in [0.15, 0.2) is 18.2 Å². The fraction of sp³-hybridized carbons (Fsp3) is 0.550. The average molecular weight is 414 g/mol. The van der Waals surface area contributed by atoms with Crippen molar-refractivity contribution < 1.29 is 32.5 Å². The fourth-order valence-corrected chi connectivity index (χ4v) is 3.43. The molecule has 2 heterocycles. The van der Waals surface area contributed by atoms with E-state index in [-0.39, 0.29) is 37.4 Å². The molecule has 0 saturated carbocycles. The second-order valence-electron chi connectivity index (χ2n) is 6.92. The maximum atomic E-state index is 13.5. The number of alkyl halides is 3. The first-order valence-corrected chi connectivity index (χ1v) is 9.50. The maximum Gasteiger partial charge on any atom is 0.416 e. The van der Waals surface area contributed by atoms with Crippen molar-refractivity contribution in [3.63, 3.8) is 0 Å². The zero-order valence-corrected chi connectivity index (χ0v) is 16.5. The van der Waals surface area contributed by atoms with Crippen molar-refractivity contribution in [3.05, 3.63) is 35.0 Å². The smallest absolute Gasteiger partial charge is 0.416 e. The molecule has 1 aromatic heterocycles. The van der Waals surface area contributed by atoms with Crippen molar-refractivity contribution in [1.29, 1.82) is 0 Å². The first-order valence-electron chi connectivity index (χ1n) is 9.50. The number of aliphatic hydroxyl groups excluding tert-OH is 1. The first-order chi connectivity index (χ1) is 13.8. The zero-order chi connectivity index (χ0) is 21.0. The van der Waals surface area contributed by atoms with E-state index in [1.54, 1.807) is 11.6 Å². The van der Waals surface area contributed by atoms with Gasteiger partial charge in [0.25, 0.3) is 0 Å². The predicted molar refractivity (Wildman–Crippen MR) is 99.5 cm³/mol. The summed E-state index contributed by atoms with van der Waals surface area (Å²) in [6.07, 6.45) is -2.36. The van der Waals surface area contributed by atoms with E-state index < -0.39 is 11.7 Å². The summed E-state index contributed by atoms with van der Waals surface area (Å²) in [4.78, 5) is 0. The molecule has 2 aromatic rings. The van der Waals surface area contributed by atoms with E-state index in [9.17, 15) is 18.3 Å². The van der Waals surface area contributed by atoms with Crippen LogP contribution in [0.25, 0.3) is 11.3 Å². The van der Waals surface area contributed by atoms with Crippen LogP contribution >= 0.6 is 0 Å². The Morgan fingerprint density at radius 3 is 2.66 bits per heavy atom. The third-order valence-corrected chi connectivity index (χ3v) is 4.86. The summed E-state index contributed by atoms with van der Waals surface area (Å²) in [6.45, 7) is 2.31. The number of nitrogens with zero attached hydrogens (tertiary/aromatic N) is 2. The molecule has 0 spiro atoms. The van der Waals surface area contributed by atoms with Crippen LogP contribution < -0.4 is 4.74 Å². The maximum absolute atomic E-state index is 13.5. The number of methoxy groups -OCH3 is 1. The van der Waals surface area contributed by atoms with Gasteiger partial charge in [-0.05, 0) is 44.4 Å². The number of rotatable bonds is 7. The van der Waals surface area contributed by atoms with Crippen molar-refractivity contribution in [3.8, 4) is 17.0 Å². The number of halogens is 3. The molecular weight excluding hydrogens is 389 g/mol. The van der Waals surface area contributed by atoms with Gasteiger partial charge in [0.15, 0.2) is 6.23 Å². The van der Waals surface area contributed by atoms with Gasteiger partial charge in [-0.25, -0.2) is 4.68 Å². The van der Waals surface area contributed by atoms with Crippen molar-refractivity contribution in [2.75, 3.05) is 26.9 Å². The van der Waals surface area contributed by atoms with E-state index in [2.05, 4.69) is 5.10 Å². The minimum Gasteiger partial charge on any atom is -0.491 e. The normalized spacial score (nSPS) is 17.5. The molecule has 6 nitrogen and oxygen atoms in total. The Balaban J connectivity index is 2.11. The molecule has 1 N–H and O–H groups in total.